The maximum Gasteiger partial charge on any atom is 0.253 e. The number of nitrogens with one attached hydrogen (secondary N) is 1. The molecule has 0 fully saturated rings. The van der Waals surface area contributed by atoms with Gasteiger partial charge in [-0.1, -0.05) is 0 Å². The summed E-state index contributed by atoms with van der Waals surface area (Å²) < 4.78 is 5.22. The zero-order valence-electron chi connectivity index (χ0n) is 15.1. The predicted molar refractivity (Wildman–Crippen MR) is 102 cm³/mol. The van der Waals surface area contributed by atoms with E-state index in [4.69, 9.17) is 4.74 Å². The van der Waals surface area contributed by atoms with Crippen LogP contribution in [0.5, 0.6) is 11.5 Å². The third-order valence-corrected chi connectivity index (χ3v) is 4.98. The monoisotopic (exact) mass is 363 g/mol. The van der Waals surface area contributed by atoms with Crippen molar-refractivity contribution in [2.75, 3.05) is 20.2 Å². The van der Waals surface area contributed by atoms with Crippen LogP contribution in [0, 0.1) is 0 Å². The van der Waals surface area contributed by atoms with Crippen LogP contribution in [0.2, 0.25) is 0 Å². The molecule has 0 unspecified atom stereocenters. The molecule has 1 amide bonds. The topological polar surface area (TPSA) is 78.5 Å². The molecule has 1 aromatic heterocycles. The van der Waals surface area contributed by atoms with Crippen LogP contribution in [-0.2, 0) is 12.8 Å². The smallest absolute Gasteiger partial charge is 0.253 e. The number of benzene rings is 2. The van der Waals surface area contributed by atoms with Crippen LogP contribution in [0.4, 0.5) is 0 Å². The standard InChI is InChI=1S/C21H21N3O3/c1-27-17-8-4-14(5-9-17)20-18-10-12-24(13-11-19(18)22-23-20)21(26)15-2-6-16(25)7-3-15/h2-9,25H,10-13H2,1H3,(H,22,23). The summed E-state index contributed by atoms with van der Waals surface area (Å²) in [5, 5.41) is 17.1. The number of phenols is 1. The van der Waals surface area contributed by atoms with Gasteiger partial charge in [-0.25, -0.2) is 0 Å². The number of aromatic nitrogens is 2. The number of amides is 1. The molecule has 3 aromatic rings. The van der Waals surface area contributed by atoms with Crippen molar-refractivity contribution in [1.82, 2.24) is 15.1 Å². The molecule has 1 aliphatic heterocycles. The highest BCUT2D eigenvalue weighted by Gasteiger charge is 2.23. The first-order chi connectivity index (χ1) is 13.2. The Bertz CT molecular complexity index is 946. The van der Waals surface area contributed by atoms with Gasteiger partial charge in [-0.3, -0.25) is 9.89 Å². The SMILES string of the molecule is COc1ccc(-c2n[nH]c3c2CCN(C(=O)c2ccc(O)cc2)CC3)cc1. The zero-order chi connectivity index (χ0) is 18.8. The Kier molecular flexibility index (Phi) is 4.54. The normalized spacial score (nSPS) is 13.7. The minimum atomic E-state index is -0.0147. The number of nitrogens with zero attached hydrogens (tertiary/aromatic N) is 2. The number of H-pyrrole nitrogens is 1. The molecule has 0 bridgehead atoms. The van der Waals surface area contributed by atoms with Crippen molar-refractivity contribution in [3.05, 3.63) is 65.4 Å². The highest BCUT2D eigenvalue weighted by atomic mass is 16.5. The summed E-state index contributed by atoms with van der Waals surface area (Å²) in [5.74, 6) is 0.956. The van der Waals surface area contributed by atoms with Crippen LogP contribution in [0.25, 0.3) is 11.3 Å². The number of hydrogen-bond donors (Lipinski definition) is 2. The number of aromatic hydroxyl groups is 1. The first kappa shape index (κ1) is 17.1. The quantitative estimate of drug-likeness (QED) is 0.750. The number of phenolic OH excluding ortho intramolecular Hbond substituents is 1. The van der Waals surface area contributed by atoms with E-state index in [1.165, 1.54) is 5.56 Å². The van der Waals surface area contributed by atoms with Crippen molar-refractivity contribution >= 4 is 5.91 Å². The second-order valence-corrected chi connectivity index (χ2v) is 6.60. The highest BCUT2D eigenvalue weighted by Crippen LogP contribution is 2.28. The molecule has 6 nitrogen and oxygen atoms in total. The molecular weight excluding hydrogens is 342 g/mol. The zero-order valence-corrected chi connectivity index (χ0v) is 15.1. The molecule has 2 N–H and O–H groups in total. The molecule has 0 aliphatic carbocycles. The van der Waals surface area contributed by atoms with Gasteiger partial charge in [0, 0.05) is 41.9 Å². The van der Waals surface area contributed by atoms with Gasteiger partial charge >= 0.3 is 0 Å². The van der Waals surface area contributed by atoms with E-state index in [-0.39, 0.29) is 11.7 Å². The van der Waals surface area contributed by atoms with Crippen molar-refractivity contribution in [1.29, 1.82) is 0 Å². The summed E-state index contributed by atoms with van der Waals surface area (Å²) >= 11 is 0. The lowest BCUT2D eigenvalue weighted by molar-refractivity contribution is 0.0763. The van der Waals surface area contributed by atoms with E-state index >= 15 is 0 Å². The van der Waals surface area contributed by atoms with Gasteiger partial charge in [0.15, 0.2) is 0 Å². The van der Waals surface area contributed by atoms with E-state index in [1.807, 2.05) is 29.2 Å². The number of hydrogen-bond acceptors (Lipinski definition) is 4. The summed E-state index contributed by atoms with van der Waals surface area (Å²) in [6, 6.07) is 14.2. The number of aromatic amines is 1. The van der Waals surface area contributed by atoms with Crippen molar-refractivity contribution in [3.63, 3.8) is 0 Å². The van der Waals surface area contributed by atoms with E-state index in [9.17, 15) is 9.90 Å². The van der Waals surface area contributed by atoms with E-state index in [2.05, 4.69) is 10.2 Å². The summed E-state index contributed by atoms with van der Waals surface area (Å²) in [6.45, 7) is 1.27. The van der Waals surface area contributed by atoms with Gasteiger partial charge in [-0.05, 0) is 55.0 Å². The molecule has 0 radical (unpaired) electrons. The molecule has 27 heavy (non-hydrogen) atoms. The molecule has 0 spiro atoms. The molecule has 138 valence electrons. The van der Waals surface area contributed by atoms with Crippen LogP contribution in [0.15, 0.2) is 48.5 Å². The van der Waals surface area contributed by atoms with E-state index in [1.54, 1.807) is 31.4 Å². The number of ether oxygens (including phenoxy) is 1. The molecule has 0 atom stereocenters. The van der Waals surface area contributed by atoms with Gasteiger partial charge in [0.1, 0.15) is 11.5 Å². The van der Waals surface area contributed by atoms with Crippen LogP contribution in [0.3, 0.4) is 0 Å². The number of methoxy groups -OCH3 is 1. The fraction of sp³-hybridized carbons (Fsp3) is 0.238. The average molecular weight is 363 g/mol. The summed E-state index contributed by atoms with van der Waals surface area (Å²) in [7, 11) is 1.65. The van der Waals surface area contributed by atoms with Gasteiger partial charge in [-0.15, -0.1) is 0 Å². The van der Waals surface area contributed by atoms with E-state index in [0.717, 1.165) is 35.5 Å². The van der Waals surface area contributed by atoms with Crippen LogP contribution in [-0.4, -0.2) is 46.3 Å². The molecule has 1 aliphatic rings. The lowest BCUT2D eigenvalue weighted by atomic mass is 10.0. The summed E-state index contributed by atoms with van der Waals surface area (Å²) in [4.78, 5) is 14.6. The van der Waals surface area contributed by atoms with Crippen molar-refractivity contribution in [2.45, 2.75) is 12.8 Å². The Hall–Kier alpha value is -3.28. The Morgan fingerprint density at radius 1 is 1.07 bits per heavy atom. The van der Waals surface area contributed by atoms with Crippen LogP contribution >= 0.6 is 0 Å². The minimum absolute atomic E-state index is 0.0147. The van der Waals surface area contributed by atoms with Crippen molar-refractivity contribution in [2.24, 2.45) is 0 Å². The first-order valence-corrected chi connectivity index (χ1v) is 8.94. The third-order valence-electron chi connectivity index (χ3n) is 4.98. The average Bonchev–Trinajstić information content (AvgIpc) is 2.99. The summed E-state index contributed by atoms with van der Waals surface area (Å²) in [5.41, 5.74) is 4.81. The van der Waals surface area contributed by atoms with Gasteiger partial charge < -0.3 is 14.7 Å². The first-order valence-electron chi connectivity index (χ1n) is 8.94. The highest BCUT2D eigenvalue weighted by molar-refractivity contribution is 5.94. The Balaban J connectivity index is 1.54. The van der Waals surface area contributed by atoms with Crippen LogP contribution in [0.1, 0.15) is 21.6 Å². The van der Waals surface area contributed by atoms with E-state index in [0.29, 0.717) is 18.7 Å². The predicted octanol–water partition coefficient (Wildman–Crippen LogP) is 3.03. The fourth-order valence-electron chi connectivity index (χ4n) is 3.46. The molecule has 4 rings (SSSR count). The maximum absolute atomic E-state index is 12.8. The number of fused-ring (bicyclic) bond motifs is 1. The lowest BCUT2D eigenvalue weighted by Gasteiger charge is -2.20. The number of carbonyl (C=O) groups is 1. The Morgan fingerprint density at radius 2 is 1.78 bits per heavy atom. The molecule has 6 heteroatoms. The van der Waals surface area contributed by atoms with Crippen molar-refractivity contribution < 1.29 is 14.6 Å². The molecular formula is C21H21N3O3. The largest absolute Gasteiger partial charge is 0.508 e. The fourth-order valence-corrected chi connectivity index (χ4v) is 3.46. The van der Waals surface area contributed by atoms with Gasteiger partial charge in [0.25, 0.3) is 5.91 Å². The molecule has 2 heterocycles. The third kappa shape index (κ3) is 3.38. The Labute approximate surface area is 157 Å². The lowest BCUT2D eigenvalue weighted by Crippen LogP contribution is -2.33. The van der Waals surface area contributed by atoms with Crippen molar-refractivity contribution in [3.8, 4) is 22.8 Å². The van der Waals surface area contributed by atoms with Gasteiger partial charge in [-0.2, -0.15) is 5.10 Å². The van der Waals surface area contributed by atoms with E-state index < -0.39 is 0 Å². The second kappa shape index (κ2) is 7.15. The molecule has 0 saturated heterocycles. The second-order valence-electron chi connectivity index (χ2n) is 6.60. The number of rotatable bonds is 3. The Morgan fingerprint density at radius 3 is 2.48 bits per heavy atom. The summed E-state index contributed by atoms with van der Waals surface area (Å²) in [6.07, 6.45) is 1.49. The van der Waals surface area contributed by atoms with Crippen LogP contribution < -0.4 is 4.74 Å². The molecule has 0 saturated carbocycles. The van der Waals surface area contributed by atoms with Gasteiger partial charge in [0.05, 0.1) is 12.8 Å². The van der Waals surface area contributed by atoms with Gasteiger partial charge in [0.2, 0.25) is 0 Å². The number of carbonyl (C=O) groups excluding carboxylic acids is 1. The minimum Gasteiger partial charge on any atom is -0.508 e. The molecule has 2 aromatic carbocycles. The maximum atomic E-state index is 12.8.